The fourth-order valence-electron chi connectivity index (χ4n) is 3.43. The average Bonchev–Trinajstić information content (AvgIpc) is 2.82. The predicted molar refractivity (Wildman–Crippen MR) is 134 cm³/mol. The van der Waals surface area contributed by atoms with Crippen molar-refractivity contribution in [2.45, 2.75) is 20.4 Å². The molecule has 0 spiro atoms. The van der Waals surface area contributed by atoms with Crippen molar-refractivity contribution in [3.63, 3.8) is 0 Å². The zero-order valence-corrected chi connectivity index (χ0v) is 19.6. The number of nitro groups is 1. The fourth-order valence-corrected chi connectivity index (χ4v) is 3.69. The van der Waals surface area contributed by atoms with Crippen molar-refractivity contribution in [3.05, 3.63) is 98.6 Å². The number of hydrogen-bond acceptors (Lipinski definition) is 5. The van der Waals surface area contributed by atoms with Gasteiger partial charge in [-0.3, -0.25) is 24.6 Å². The van der Waals surface area contributed by atoms with Gasteiger partial charge in [0.05, 0.1) is 26.8 Å². The van der Waals surface area contributed by atoms with Crippen LogP contribution in [0.25, 0.3) is 0 Å². The second-order valence-electron chi connectivity index (χ2n) is 7.54. The Balaban J connectivity index is 1.77. The van der Waals surface area contributed by atoms with E-state index in [-0.39, 0.29) is 27.7 Å². The number of benzene rings is 3. The van der Waals surface area contributed by atoms with Gasteiger partial charge in [0.1, 0.15) is 0 Å². The molecule has 0 bridgehead atoms. The van der Waals surface area contributed by atoms with Gasteiger partial charge in [0, 0.05) is 24.4 Å². The predicted octanol–water partition coefficient (Wildman–Crippen LogP) is 5.59. The van der Waals surface area contributed by atoms with Gasteiger partial charge in [-0.15, -0.1) is 0 Å². The summed E-state index contributed by atoms with van der Waals surface area (Å²) in [6, 6.07) is 17.8. The van der Waals surface area contributed by atoms with Crippen LogP contribution in [0.15, 0.2) is 66.7 Å². The van der Waals surface area contributed by atoms with Crippen LogP contribution in [0, 0.1) is 10.1 Å². The minimum Gasteiger partial charge on any atom is -0.322 e. The molecule has 0 radical (unpaired) electrons. The van der Waals surface area contributed by atoms with Crippen LogP contribution in [0.4, 0.5) is 17.1 Å². The summed E-state index contributed by atoms with van der Waals surface area (Å²) in [6.45, 7) is 6.84. The molecule has 0 unspecified atom stereocenters. The fraction of sp³-hybridized carbons (Fsp3) is 0.200. The number of nitro benzene ring substituents is 1. The van der Waals surface area contributed by atoms with Gasteiger partial charge in [0.25, 0.3) is 17.5 Å². The Kier molecular flexibility index (Phi) is 8.34. The van der Waals surface area contributed by atoms with Crippen molar-refractivity contribution < 1.29 is 14.5 Å². The SMILES string of the molecule is CCN(CC)Cc1cccc(NC(=O)c2ccccc2NC(=O)c2ccc([N+](=O)[O-])cc2Cl)c1. The monoisotopic (exact) mass is 480 g/mol. The van der Waals surface area contributed by atoms with Crippen LogP contribution in [0.5, 0.6) is 0 Å². The number of hydrogen-bond donors (Lipinski definition) is 2. The highest BCUT2D eigenvalue weighted by molar-refractivity contribution is 6.34. The summed E-state index contributed by atoms with van der Waals surface area (Å²) in [6.07, 6.45) is 0. The highest BCUT2D eigenvalue weighted by Crippen LogP contribution is 2.25. The van der Waals surface area contributed by atoms with Crippen molar-refractivity contribution >= 4 is 40.5 Å². The van der Waals surface area contributed by atoms with Crippen molar-refractivity contribution in [2.24, 2.45) is 0 Å². The third kappa shape index (κ3) is 6.18. The molecule has 2 N–H and O–H groups in total. The third-order valence-corrected chi connectivity index (χ3v) is 5.63. The summed E-state index contributed by atoms with van der Waals surface area (Å²) in [5.74, 6) is -0.966. The molecule has 0 saturated heterocycles. The highest BCUT2D eigenvalue weighted by Gasteiger charge is 2.18. The Labute approximate surface area is 202 Å². The zero-order chi connectivity index (χ0) is 24.7. The van der Waals surface area contributed by atoms with Crippen molar-refractivity contribution in [2.75, 3.05) is 23.7 Å². The Hall–Kier alpha value is -3.75. The molecule has 176 valence electrons. The summed E-state index contributed by atoms with van der Waals surface area (Å²) in [7, 11) is 0. The Bertz CT molecular complexity index is 1210. The first-order valence-electron chi connectivity index (χ1n) is 10.8. The van der Waals surface area contributed by atoms with E-state index in [1.807, 2.05) is 24.3 Å². The maximum Gasteiger partial charge on any atom is 0.270 e. The van der Waals surface area contributed by atoms with E-state index >= 15 is 0 Å². The molecule has 0 heterocycles. The molecule has 0 atom stereocenters. The largest absolute Gasteiger partial charge is 0.322 e. The number of non-ortho nitro benzene ring substituents is 1. The van der Waals surface area contributed by atoms with Crippen molar-refractivity contribution in [3.8, 4) is 0 Å². The first-order chi connectivity index (χ1) is 16.3. The van der Waals surface area contributed by atoms with Gasteiger partial charge in [-0.25, -0.2) is 0 Å². The molecular formula is C25H25ClN4O4. The molecule has 0 aliphatic heterocycles. The van der Waals surface area contributed by atoms with Crippen molar-refractivity contribution in [1.29, 1.82) is 0 Å². The van der Waals surface area contributed by atoms with Gasteiger partial charge >= 0.3 is 0 Å². The smallest absolute Gasteiger partial charge is 0.270 e. The van der Waals surface area contributed by atoms with E-state index in [0.29, 0.717) is 11.4 Å². The molecule has 0 aromatic heterocycles. The normalized spacial score (nSPS) is 10.7. The number of amides is 2. The third-order valence-electron chi connectivity index (χ3n) is 5.31. The van der Waals surface area contributed by atoms with E-state index in [1.165, 1.54) is 12.1 Å². The number of rotatable bonds is 9. The standard InChI is InChI=1S/C25H25ClN4O4/c1-3-29(4-2)16-17-8-7-9-18(14-17)27-25(32)21-10-5-6-11-23(21)28-24(31)20-13-12-19(30(33)34)15-22(20)26/h5-15H,3-4,16H2,1-2H3,(H,27,32)(H,28,31). The number of anilines is 2. The van der Waals surface area contributed by atoms with Gasteiger partial charge < -0.3 is 10.6 Å². The quantitative estimate of drug-likeness (QED) is 0.306. The van der Waals surface area contributed by atoms with E-state index in [9.17, 15) is 19.7 Å². The average molecular weight is 481 g/mol. The maximum atomic E-state index is 13.0. The minimum absolute atomic E-state index is 0.0568. The summed E-state index contributed by atoms with van der Waals surface area (Å²) in [5.41, 5.74) is 2.13. The van der Waals surface area contributed by atoms with Crippen LogP contribution in [-0.4, -0.2) is 34.7 Å². The molecule has 3 rings (SSSR count). The summed E-state index contributed by atoms with van der Waals surface area (Å²) >= 11 is 6.07. The topological polar surface area (TPSA) is 105 Å². The lowest BCUT2D eigenvalue weighted by Crippen LogP contribution is -2.22. The molecule has 0 fully saturated rings. The summed E-state index contributed by atoms with van der Waals surface area (Å²) < 4.78 is 0. The molecule has 9 heteroatoms. The second kappa shape index (κ2) is 11.4. The lowest BCUT2D eigenvalue weighted by atomic mass is 10.1. The molecule has 0 saturated carbocycles. The lowest BCUT2D eigenvalue weighted by molar-refractivity contribution is -0.384. The van der Waals surface area contributed by atoms with Gasteiger partial charge in [0.15, 0.2) is 0 Å². The lowest BCUT2D eigenvalue weighted by Gasteiger charge is -2.18. The molecule has 3 aromatic rings. The number of carbonyl (C=O) groups excluding carboxylic acids is 2. The van der Waals surface area contributed by atoms with Gasteiger partial charge in [-0.2, -0.15) is 0 Å². The summed E-state index contributed by atoms with van der Waals surface area (Å²) in [5, 5.41) is 16.4. The first-order valence-corrected chi connectivity index (χ1v) is 11.2. The molecule has 34 heavy (non-hydrogen) atoms. The first kappa shape index (κ1) is 24.9. The van der Waals surface area contributed by atoms with Crippen molar-refractivity contribution in [1.82, 2.24) is 4.90 Å². The van der Waals surface area contributed by atoms with Gasteiger partial charge in [-0.05, 0) is 49.0 Å². The highest BCUT2D eigenvalue weighted by atomic mass is 35.5. The van der Waals surface area contributed by atoms with Gasteiger partial charge in [0.2, 0.25) is 0 Å². The van der Waals surface area contributed by atoms with E-state index in [0.717, 1.165) is 31.3 Å². The Morgan fingerprint density at radius 3 is 2.29 bits per heavy atom. The van der Waals surface area contributed by atoms with Crippen LogP contribution < -0.4 is 10.6 Å². The number of nitrogens with zero attached hydrogens (tertiary/aromatic N) is 2. The van der Waals surface area contributed by atoms with E-state index in [1.54, 1.807) is 24.3 Å². The Morgan fingerprint density at radius 1 is 0.912 bits per heavy atom. The number of halogens is 1. The number of carbonyl (C=O) groups is 2. The Morgan fingerprint density at radius 2 is 1.62 bits per heavy atom. The minimum atomic E-state index is -0.593. The zero-order valence-electron chi connectivity index (χ0n) is 18.9. The van der Waals surface area contributed by atoms with E-state index < -0.39 is 10.8 Å². The van der Waals surface area contributed by atoms with Crippen LogP contribution >= 0.6 is 11.6 Å². The van der Waals surface area contributed by atoms with Gasteiger partial charge in [-0.1, -0.05) is 49.7 Å². The second-order valence-corrected chi connectivity index (χ2v) is 7.94. The number of nitrogens with one attached hydrogen (secondary N) is 2. The maximum absolute atomic E-state index is 13.0. The summed E-state index contributed by atoms with van der Waals surface area (Å²) in [4.78, 5) is 38.3. The van der Waals surface area contributed by atoms with E-state index in [4.69, 9.17) is 11.6 Å². The molecule has 8 nitrogen and oxygen atoms in total. The number of para-hydroxylation sites is 1. The molecule has 2 amide bonds. The van der Waals surface area contributed by atoms with Crippen LogP contribution in [0.3, 0.4) is 0 Å². The van der Waals surface area contributed by atoms with Crippen LogP contribution in [0.1, 0.15) is 40.1 Å². The molecule has 0 aliphatic carbocycles. The van der Waals surface area contributed by atoms with E-state index in [2.05, 4.69) is 29.4 Å². The van der Waals surface area contributed by atoms with Crippen LogP contribution in [-0.2, 0) is 6.54 Å². The molecular weight excluding hydrogens is 456 g/mol. The molecule has 0 aliphatic rings. The van der Waals surface area contributed by atoms with Crippen LogP contribution in [0.2, 0.25) is 5.02 Å². The molecule has 3 aromatic carbocycles.